The first-order valence-corrected chi connectivity index (χ1v) is 5.18. The molecule has 0 radical (unpaired) electrons. The molecule has 0 unspecified atom stereocenters. The molecule has 0 saturated heterocycles. The second-order valence-electron chi connectivity index (χ2n) is 3.32. The van der Waals surface area contributed by atoms with Gasteiger partial charge < -0.3 is 4.98 Å². The van der Waals surface area contributed by atoms with Crippen LogP contribution in [0.3, 0.4) is 0 Å². The molecule has 0 bridgehead atoms. The monoisotopic (exact) mass is 309 g/mol. The van der Waals surface area contributed by atoms with Gasteiger partial charge in [-0.15, -0.1) is 0 Å². The van der Waals surface area contributed by atoms with Gasteiger partial charge in [-0.25, -0.2) is 4.39 Å². The van der Waals surface area contributed by atoms with Crippen LogP contribution < -0.4 is 5.43 Å². The van der Waals surface area contributed by atoms with Crippen molar-refractivity contribution in [1.29, 1.82) is 0 Å². The van der Waals surface area contributed by atoms with Crippen molar-refractivity contribution < 1.29 is 17.6 Å². The summed E-state index contributed by atoms with van der Waals surface area (Å²) in [4.78, 5) is 13.4. The first-order chi connectivity index (χ1) is 7.80. The van der Waals surface area contributed by atoms with Crippen molar-refractivity contribution in [3.8, 4) is 0 Å². The van der Waals surface area contributed by atoms with Crippen LogP contribution in [0.15, 0.2) is 27.5 Å². The molecular formula is C10H4BrF4NO. The predicted octanol–water partition coefficient (Wildman–Crippen LogP) is 3.45. The maximum Gasteiger partial charge on any atom is 0.431 e. The zero-order valence-corrected chi connectivity index (χ0v) is 9.62. The summed E-state index contributed by atoms with van der Waals surface area (Å²) in [5.74, 6) is -0.911. The van der Waals surface area contributed by atoms with Crippen molar-refractivity contribution in [2.45, 2.75) is 6.18 Å². The highest BCUT2D eigenvalue weighted by Gasteiger charge is 2.32. The number of aromatic amines is 1. The van der Waals surface area contributed by atoms with Gasteiger partial charge in [0.05, 0.1) is 10.9 Å². The maximum atomic E-state index is 13.4. The van der Waals surface area contributed by atoms with E-state index in [1.165, 1.54) is 6.07 Å². The number of halogens is 5. The highest BCUT2D eigenvalue weighted by atomic mass is 79.9. The van der Waals surface area contributed by atoms with E-state index in [0.29, 0.717) is 6.07 Å². The van der Waals surface area contributed by atoms with E-state index in [9.17, 15) is 22.4 Å². The molecular weight excluding hydrogens is 306 g/mol. The number of hydrogen-bond acceptors (Lipinski definition) is 1. The lowest BCUT2D eigenvalue weighted by Gasteiger charge is -2.09. The van der Waals surface area contributed by atoms with Crippen LogP contribution in [0.4, 0.5) is 17.6 Å². The van der Waals surface area contributed by atoms with Crippen molar-refractivity contribution >= 4 is 26.8 Å². The first-order valence-electron chi connectivity index (χ1n) is 4.39. The third-order valence-electron chi connectivity index (χ3n) is 2.19. The smallest absolute Gasteiger partial charge is 0.348 e. The number of pyridine rings is 1. The molecule has 0 aliphatic rings. The second-order valence-corrected chi connectivity index (χ2v) is 4.18. The number of benzene rings is 1. The van der Waals surface area contributed by atoms with Crippen LogP contribution in [-0.2, 0) is 6.18 Å². The van der Waals surface area contributed by atoms with Gasteiger partial charge in [-0.05, 0) is 28.1 Å². The molecule has 2 aromatic rings. The lowest BCUT2D eigenvalue weighted by Crippen LogP contribution is -2.14. The zero-order chi connectivity index (χ0) is 12.8. The predicted molar refractivity (Wildman–Crippen MR) is 57.2 cm³/mol. The Morgan fingerprint density at radius 2 is 1.88 bits per heavy atom. The van der Waals surface area contributed by atoms with E-state index < -0.39 is 28.6 Å². The third kappa shape index (κ3) is 2.06. The number of aromatic nitrogens is 1. The van der Waals surface area contributed by atoms with E-state index in [0.717, 1.165) is 6.07 Å². The van der Waals surface area contributed by atoms with Crippen LogP contribution in [0, 0.1) is 5.82 Å². The minimum absolute atomic E-state index is 0.141. The summed E-state index contributed by atoms with van der Waals surface area (Å²) in [6.45, 7) is 0. The summed E-state index contributed by atoms with van der Waals surface area (Å²) in [7, 11) is 0. The summed E-state index contributed by atoms with van der Waals surface area (Å²) in [6, 6.07) is 2.65. The fourth-order valence-corrected chi connectivity index (χ4v) is 1.97. The molecule has 1 N–H and O–H groups in total. The summed E-state index contributed by atoms with van der Waals surface area (Å²) < 4.78 is 50.9. The molecule has 0 amide bonds. The molecule has 7 heteroatoms. The van der Waals surface area contributed by atoms with Crippen molar-refractivity contribution in [1.82, 2.24) is 4.98 Å². The number of fused-ring (bicyclic) bond motifs is 1. The van der Waals surface area contributed by atoms with E-state index >= 15 is 0 Å². The lowest BCUT2D eigenvalue weighted by molar-refractivity contribution is -0.141. The van der Waals surface area contributed by atoms with Gasteiger partial charge in [-0.3, -0.25) is 4.79 Å². The van der Waals surface area contributed by atoms with Crippen molar-refractivity contribution in [3.05, 3.63) is 44.4 Å². The van der Waals surface area contributed by atoms with Crippen LogP contribution in [0.2, 0.25) is 0 Å². The Bertz CT molecular complexity index is 647. The molecule has 90 valence electrons. The Kier molecular flexibility index (Phi) is 2.73. The SMILES string of the molecule is O=c1cc(C(F)(F)F)[nH]c2c(F)ccc(Br)c12. The molecule has 0 saturated carbocycles. The minimum Gasteiger partial charge on any atom is -0.348 e. The number of H-pyrrole nitrogens is 1. The average molecular weight is 310 g/mol. The van der Waals surface area contributed by atoms with Crippen molar-refractivity contribution in [2.24, 2.45) is 0 Å². The van der Waals surface area contributed by atoms with Gasteiger partial charge in [0.25, 0.3) is 0 Å². The largest absolute Gasteiger partial charge is 0.431 e. The number of rotatable bonds is 0. The van der Waals surface area contributed by atoms with Gasteiger partial charge >= 0.3 is 6.18 Å². The molecule has 2 rings (SSSR count). The van der Waals surface area contributed by atoms with Crippen molar-refractivity contribution in [2.75, 3.05) is 0 Å². The van der Waals surface area contributed by atoms with Gasteiger partial charge in [0, 0.05) is 10.5 Å². The third-order valence-corrected chi connectivity index (χ3v) is 2.85. The molecule has 1 aromatic carbocycles. The quantitative estimate of drug-likeness (QED) is 0.743. The molecule has 17 heavy (non-hydrogen) atoms. The van der Waals surface area contributed by atoms with Crippen LogP contribution in [0.1, 0.15) is 5.69 Å². The summed E-state index contributed by atoms with van der Waals surface area (Å²) in [5.41, 5.74) is -2.62. The van der Waals surface area contributed by atoms with Gasteiger partial charge in [0.1, 0.15) is 11.5 Å². The Morgan fingerprint density at radius 1 is 1.24 bits per heavy atom. The molecule has 0 fully saturated rings. The Labute approximate surface area is 100 Å². The van der Waals surface area contributed by atoms with E-state index in [2.05, 4.69) is 15.9 Å². The summed E-state index contributed by atoms with van der Waals surface area (Å²) in [5, 5.41) is -0.141. The first kappa shape index (κ1) is 12.1. The minimum atomic E-state index is -4.72. The standard InChI is InChI=1S/C10H4BrF4NO/c11-4-1-2-5(12)9-8(4)6(17)3-7(16-9)10(13,14)15/h1-3H,(H,16,17). The highest BCUT2D eigenvalue weighted by molar-refractivity contribution is 9.10. The molecule has 0 atom stereocenters. The van der Waals surface area contributed by atoms with Gasteiger partial charge in [-0.2, -0.15) is 13.2 Å². The highest BCUT2D eigenvalue weighted by Crippen LogP contribution is 2.29. The topological polar surface area (TPSA) is 32.9 Å². The Balaban J connectivity index is 2.92. The molecule has 0 aliphatic heterocycles. The molecule has 2 nitrogen and oxygen atoms in total. The molecule has 0 spiro atoms. The maximum absolute atomic E-state index is 13.4. The van der Waals surface area contributed by atoms with E-state index in [4.69, 9.17) is 0 Å². The van der Waals surface area contributed by atoms with E-state index in [-0.39, 0.29) is 9.86 Å². The lowest BCUT2D eigenvalue weighted by atomic mass is 10.2. The molecule has 1 aromatic heterocycles. The van der Waals surface area contributed by atoms with Gasteiger partial charge in [0.15, 0.2) is 5.43 Å². The Morgan fingerprint density at radius 3 is 2.47 bits per heavy atom. The number of nitrogens with one attached hydrogen (secondary N) is 1. The number of alkyl halides is 3. The summed E-state index contributed by atoms with van der Waals surface area (Å²) >= 11 is 2.99. The van der Waals surface area contributed by atoms with E-state index in [1.807, 2.05) is 4.98 Å². The summed E-state index contributed by atoms with van der Waals surface area (Å²) in [6.07, 6.45) is -4.72. The van der Waals surface area contributed by atoms with Crippen LogP contribution in [0.25, 0.3) is 10.9 Å². The Hall–Kier alpha value is -1.37. The van der Waals surface area contributed by atoms with Crippen LogP contribution in [-0.4, -0.2) is 4.98 Å². The average Bonchev–Trinajstić information content (AvgIpc) is 2.21. The number of hydrogen-bond donors (Lipinski definition) is 1. The zero-order valence-electron chi connectivity index (χ0n) is 8.03. The van der Waals surface area contributed by atoms with Crippen LogP contribution >= 0.6 is 15.9 Å². The van der Waals surface area contributed by atoms with Gasteiger partial charge in [0.2, 0.25) is 0 Å². The molecule has 0 aliphatic carbocycles. The normalized spacial score (nSPS) is 12.1. The van der Waals surface area contributed by atoms with Gasteiger partial charge in [-0.1, -0.05) is 0 Å². The fourth-order valence-electron chi connectivity index (χ4n) is 1.44. The van der Waals surface area contributed by atoms with Crippen molar-refractivity contribution in [3.63, 3.8) is 0 Å². The second kappa shape index (κ2) is 3.83. The molecule has 1 heterocycles. The van der Waals surface area contributed by atoms with Crippen LogP contribution in [0.5, 0.6) is 0 Å². The fraction of sp³-hybridized carbons (Fsp3) is 0.100. The van der Waals surface area contributed by atoms with E-state index in [1.54, 1.807) is 0 Å².